The molecule has 1 heterocycles. The number of carbonyl (C=O) groups excluding carboxylic acids is 2. The molecule has 3 rings (SSSR count). The van der Waals surface area contributed by atoms with Gasteiger partial charge in [0.05, 0.1) is 5.69 Å². The molecule has 7 nitrogen and oxygen atoms in total. The Balaban J connectivity index is 1.91. The van der Waals surface area contributed by atoms with Crippen LogP contribution in [0.25, 0.3) is 0 Å². The lowest BCUT2D eigenvalue weighted by atomic mass is 10.2. The average Bonchev–Trinajstić information content (AvgIpc) is 2.59. The van der Waals surface area contributed by atoms with E-state index < -0.39 is 17.7 Å². The Morgan fingerprint density at radius 3 is 1.85 bits per heavy atom. The summed E-state index contributed by atoms with van der Waals surface area (Å²) in [6.45, 7) is 3.00. The van der Waals surface area contributed by atoms with E-state index in [0.29, 0.717) is 5.69 Å². The second-order valence-corrected chi connectivity index (χ2v) is 6.04. The molecule has 2 aromatic rings. The van der Waals surface area contributed by atoms with E-state index in [4.69, 9.17) is 9.47 Å². The highest BCUT2D eigenvalue weighted by atomic mass is 16.7. The minimum atomic E-state index is -1.30. The highest BCUT2D eigenvalue weighted by Gasteiger charge is 2.41. The van der Waals surface area contributed by atoms with Crippen molar-refractivity contribution in [2.75, 3.05) is 10.7 Å². The Morgan fingerprint density at radius 1 is 0.808 bits per heavy atom. The molecule has 134 valence electrons. The summed E-state index contributed by atoms with van der Waals surface area (Å²) in [6, 6.07) is 18.4. The molecule has 1 saturated heterocycles. The number of rotatable bonds is 5. The van der Waals surface area contributed by atoms with Crippen molar-refractivity contribution < 1.29 is 19.1 Å². The minimum Gasteiger partial charge on any atom is -0.419 e. The lowest BCUT2D eigenvalue weighted by Gasteiger charge is -2.31. The van der Waals surface area contributed by atoms with Crippen molar-refractivity contribution in [2.24, 2.45) is 0 Å². The minimum absolute atomic E-state index is 0.130. The van der Waals surface area contributed by atoms with Crippen LogP contribution in [0, 0.1) is 0 Å². The predicted molar refractivity (Wildman–Crippen MR) is 96.6 cm³/mol. The summed E-state index contributed by atoms with van der Waals surface area (Å²) in [5.41, 5.74) is 6.98. The van der Waals surface area contributed by atoms with Gasteiger partial charge in [-0.3, -0.25) is 10.9 Å². The third kappa shape index (κ3) is 4.13. The van der Waals surface area contributed by atoms with Gasteiger partial charge in [-0.15, -0.1) is 0 Å². The van der Waals surface area contributed by atoms with Crippen molar-refractivity contribution in [3.05, 3.63) is 72.1 Å². The largest absolute Gasteiger partial charge is 0.419 e. The maximum atomic E-state index is 12.4. The van der Waals surface area contributed by atoms with Gasteiger partial charge in [0.2, 0.25) is 0 Å². The molecular formula is C19H19N3O4. The zero-order chi connectivity index (χ0) is 18.6. The van der Waals surface area contributed by atoms with Gasteiger partial charge in [0.25, 0.3) is 5.79 Å². The Bertz CT molecular complexity index is 810. The number of cyclic esters (lactones) is 2. The van der Waals surface area contributed by atoms with E-state index in [1.807, 2.05) is 48.5 Å². The molecule has 1 aliphatic heterocycles. The van der Waals surface area contributed by atoms with Crippen LogP contribution in [0.3, 0.4) is 0 Å². The zero-order valence-electron chi connectivity index (χ0n) is 14.4. The van der Waals surface area contributed by atoms with E-state index >= 15 is 0 Å². The smallest absolute Gasteiger partial charge is 0.352 e. The fourth-order valence-electron chi connectivity index (χ4n) is 2.34. The molecule has 26 heavy (non-hydrogen) atoms. The summed E-state index contributed by atoms with van der Waals surface area (Å²) < 4.78 is 10.4. The summed E-state index contributed by atoms with van der Waals surface area (Å²) in [7, 11) is 0. The van der Waals surface area contributed by atoms with Gasteiger partial charge < -0.3 is 14.8 Å². The van der Waals surface area contributed by atoms with Gasteiger partial charge >= 0.3 is 11.9 Å². The summed E-state index contributed by atoms with van der Waals surface area (Å²) >= 11 is 0. The Hall–Kier alpha value is -3.48. The van der Waals surface area contributed by atoms with Crippen LogP contribution in [-0.4, -0.2) is 17.7 Å². The highest BCUT2D eigenvalue weighted by Crippen LogP contribution is 2.24. The molecule has 1 aliphatic rings. The van der Waals surface area contributed by atoms with Crippen molar-refractivity contribution >= 4 is 23.3 Å². The fraction of sp³-hybridized carbons (Fsp3) is 0.158. The maximum absolute atomic E-state index is 12.4. The van der Waals surface area contributed by atoms with Crippen LogP contribution in [-0.2, 0) is 19.1 Å². The first-order chi connectivity index (χ1) is 12.4. The van der Waals surface area contributed by atoms with E-state index in [2.05, 4.69) is 16.2 Å². The zero-order valence-corrected chi connectivity index (χ0v) is 14.4. The summed E-state index contributed by atoms with van der Waals surface area (Å²) in [5, 5.41) is 3.01. The van der Waals surface area contributed by atoms with E-state index in [1.165, 1.54) is 13.8 Å². The number of ether oxygens (including phenoxy) is 2. The monoisotopic (exact) mass is 353 g/mol. The van der Waals surface area contributed by atoms with Crippen LogP contribution < -0.4 is 16.2 Å². The van der Waals surface area contributed by atoms with Gasteiger partial charge in [0.1, 0.15) is 5.82 Å². The quantitative estimate of drug-likeness (QED) is 0.330. The molecule has 0 aromatic heterocycles. The number of carbonyl (C=O) groups is 2. The number of hydrogen-bond donors (Lipinski definition) is 3. The van der Waals surface area contributed by atoms with Gasteiger partial charge in [-0.05, 0) is 24.3 Å². The van der Waals surface area contributed by atoms with Crippen molar-refractivity contribution in [3.8, 4) is 0 Å². The SMILES string of the molecule is CC1(C)OC(=O)C(=C(NNc2ccccc2)Nc2ccccc2)C(=O)O1. The topological polar surface area (TPSA) is 88.7 Å². The van der Waals surface area contributed by atoms with Crippen LogP contribution in [0.2, 0.25) is 0 Å². The van der Waals surface area contributed by atoms with Gasteiger partial charge in [-0.25, -0.2) is 9.59 Å². The van der Waals surface area contributed by atoms with E-state index in [1.54, 1.807) is 12.1 Å². The molecule has 3 N–H and O–H groups in total. The van der Waals surface area contributed by atoms with Crippen LogP contribution in [0.15, 0.2) is 72.1 Å². The Kier molecular flexibility index (Phi) is 4.79. The molecule has 0 saturated carbocycles. The van der Waals surface area contributed by atoms with Crippen molar-refractivity contribution in [1.82, 2.24) is 5.43 Å². The predicted octanol–water partition coefficient (Wildman–Crippen LogP) is 2.76. The highest BCUT2D eigenvalue weighted by molar-refractivity contribution is 6.16. The first kappa shape index (κ1) is 17.3. The second-order valence-electron chi connectivity index (χ2n) is 6.04. The molecule has 0 radical (unpaired) electrons. The fourth-order valence-corrected chi connectivity index (χ4v) is 2.34. The summed E-state index contributed by atoms with van der Waals surface area (Å²) in [4.78, 5) is 24.7. The number of hydrogen-bond acceptors (Lipinski definition) is 7. The third-order valence-corrected chi connectivity index (χ3v) is 3.48. The Labute approximate surface area is 151 Å². The number of nitrogens with one attached hydrogen (secondary N) is 3. The summed E-state index contributed by atoms with van der Waals surface area (Å²) in [6.07, 6.45) is 0. The number of hydrazine groups is 1. The molecule has 0 aliphatic carbocycles. The van der Waals surface area contributed by atoms with E-state index in [0.717, 1.165) is 5.69 Å². The van der Waals surface area contributed by atoms with Crippen LogP contribution in [0.1, 0.15) is 13.8 Å². The second kappa shape index (κ2) is 7.18. The third-order valence-electron chi connectivity index (χ3n) is 3.48. The number of esters is 2. The normalized spacial score (nSPS) is 15.5. The number of benzene rings is 2. The maximum Gasteiger partial charge on any atom is 0.352 e. The lowest BCUT2D eigenvalue weighted by molar-refractivity contribution is -0.222. The van der Waals surface area contributed by atoms with E-state index in [9.17, 15) is 9.59 Å². The molecular weight excluding hydrogens is 334 g/mol. The summed E-state index contributed by atoms with van der Waals surface area (Å²) in [5.74, 6) is -2.72. The molecule has 0 unspecified atom stereocenters. The molecule has 0 amide bonds. The standard InChI is InChI=1S/C19H19N3O4/c1-19(2)25-17(23)15(18(24)26-19)16(20-13-9-5-3-6-10-13)22-21-14-11-7-4-8-12-14/h3-12,20-22H,1-2H3. The van der Waals surface area contributed by atoms with Crippen LogP contribution in [0.4, 0.5) is 11.4 Å². The molecule has 2 aromatic carbocycles. The van der Waals surface area contributed by atoms with Crippen LogP contribution in [0.5, 0.6) is 0 Å². The average molecular weight is 353 g/mol. The van der Waals surface area contributed by atoms with Crippen LogP contribution >= 0.6 is 0 Å². The van der Waals surface area contributed by atoms with Crippen molar-refractivity contribution in [2.45, 2.75) is 19.6 Å². The van der Waals surface area contributed by atoms with E-state index in [-0.39, 0.29) is 11.4 Å². The number of para-hydroxylation sites is 2. The first-order valence-corrected chi connectivity index (χ1v) is 8.05. The molecule has 1 fully saturated rings. The molecule has 7 heteroatoms. The van der Waals surface area contributed by atoms with Gasteiger partial charge in [0.15, 0.2) is 5.57 Å². The van der Waals surface area contributed by atoms with Gasteiger partial charge in [-0.1, -0.05) is 36.4 Å². The van der Waals surface area contributed by atoms with Gasteiger partial charge in [0, 0.05) is 19.5 Å². The van der Waals surface area contributed by atoms with Crippen molar-refractivity contribution in [3.63, 3.8) is 0 Å². The first-order valence-electron chi connectivity index (χ1n) is 8.05. The van der Waals surface area contributed by atoms with Crippen molar-refractivity contribution in [1.29, 1.82) is 0 Å². The molecule has 0 bridgehead atoms. The Morgan fingerprint density at radius 2 is 1.31 bits per heavy atom. The molecule has 0 spiro atoms. The lowest BCUT2D eigenvalue weighted by Crippen LogP contribution is -2.44. The number of anilines is 2. The van der Waals surface area contributed by atoms with Gasteiger partial charge in [-0.2, -0.15) is 0 Å². The molecule has 0 atom stereocenters.